The van der Waals surface area contributed by atoms with Crippen LogP contribution in [0.5, 0.6) is 11.5 Å². The van der Waals surface area contributed by atoms with Gasteiger partial charge in [0.2, 0.25) is 0 Å². The fraction of sp³-hybridized carbons (Fsp3) is 0.150. The van der Waals surface area contributed by atoms with Crippen molar-refractivity contribution in [3.05, 3.63) is 69.3 Å². The summed E-state index contributed by atoms with van der Waals surface area (Å²) in [4.78, 5) is 34.4. The average Bonchev–Trinajstić information content (AvgIpc) is 3.45. The summed E-state index contributed by atoms with van der Waals surface area (Å²) in [6.45, 7) is 0.197. The highest BCUT2D eigenvalue weighted by Gasteiger charge is 2.26. The van der Waals surface area contributed by atoms with Crippen LogP contribution >= 0.6 is 22.7 Å². The Morgan fingerprint density at radius 1 is 1.13 bits per heavy atom. The summed E-state index contributed by atoms with van der Waals surface area (Å²) in [7, 11) is 3.10. The first-order valence-corrected chi connectivity index (χ1v) is 10.6. The Labute approximate surface area is 184 Å². The molecule has 0 spiro atoms. The third-order valence-corrected chi connectivity index (χ3v) is 6.54. The number of hydrogen-bond donors (Lipinski definition) is 0. The van der Waals surface area contributed by atoms with Crippen molar-refractivity contribution < 1.29 is 19.2 Å². The number of rotatable bonds is 7. The Kier molecular flexibility index (Phi) is 5.78. The Hall–Kier alpha value is -3.57. The maximum Gasteiger partial charge on any atom is 0.324 e. The molecule has 0 aliphatic rings. The predicted molar refractivity (Wildman–Crippen MR) is 118 cm³/mol. The van der Waals surface area contributed by atoms with E-state index in [0.29, 0.717) is 22.1 Å². The van der Waals surface area contributed by atoms with Crippen molar-refractivity contribution in [1.82, 2.24) is 9.97 Å². The molecular formula is C20H16N4O5S2. The Bertz CT molecular complexity index is 1210. The Balaban J connectivity index is 1.82. The lowest BCUT2D eigenvalue weighted by Crippen LogP contribution is -2.29. The van der Waals surface area contributed by atoms with Crippen molar-refractivity contribution in [1.29, 1.82) is 0 Å². The van der Waals surface area contributed by atoms with E-state index >= 15 is 0 Å². The highest BCUT2D eigenvalue weighted by Crippen LogP contribution is 2.41. The van der Waals surface area contributed by atoms with Crippen molar-refractivity contribution in [3.63, 3.8) is 0 Å². The molecule has 0 aliphatic heterocycles. The molecule has 0 bridgehead atoms. The van der Waals surface area contributed by atoms with Gasteiger partial charge >= 0.3 is 5.00 Å². The molecule has 0 atom stereocenters. The third-order valence-electron chi connectivity index (χ3n) is 4.42. The minimum Gasteiger partial charge on any atom is -0.495 e. The normalized spacial score (nSPS) is 10.8. The molecule has 0 radical (unpaired) electrons. The molecule has 4 rings (SSSR count). The summed E-state index contributed by atoms with van der Waals surface area (Å²) in [6, 6.07) is 9.93. The van der Waals surface area contributed by atoms with Crippen LogP contribution in [0.1, 0.15) is 15.2 Å². The lowest BCUT2D eigenvalue weighted by atomic mass is 10.2. The number of nitrogens with zero attached hydrogens (tertiary/aromatic N) is 4. The van der Waals surface area contributed by atoms with E-state index in [1.165, 1.54) is 28.4 Å². The summed E-state index contributed by atoms with van der Waals surface area (Å²) in [5.41, 5.74) is 1.36. The molecule has 0 saturated carbocycles. The first-order valence-electron chi connectivity index (χ1n) is 8.98. The molecule has 3 heterocycles. The number of carbonyl (C=O) groups is 1. The number of aromatic nitrogens is 2. The van der Waals surface area contributed by atoms with Gasteiger partial charge in [-0.1, -0.05) is 28.7 Å². The second-order valence-corrected chi connectivity index (χ2v) is 8.33. The first kappa shape index (κ1) is 20.7. The van der Waals surface area contributed by atoms with Gasteiger partial charge in [0.1, 0.15) is 21.7 Å². The quantitative estimate of drug-likeness (QED) is 0.297. The number of anilines is 1. The zero-order chi connectivity index (χ0) is 22.0. The molecule has 11 heteroatoms. The van der Waals surface area contributed by atoms with E-state index < -0.39 is 4.92 Å². The molecule has 1 aromatic carbocycles. The monoisotopic (exact) mass is 456 g/mol. The number of ether oxygens (including phenoxy) is 2. The number of fused-ring (bicyclic) bond motifs is 1. The van der Waals surface area contributed by atoms with Gasteiger partial charge in [0.05, 0.1) is 30.6 Å². The zero-order valence-corrected chi connectivity index (χ0v) is 18.1. The Morgan fingerprint density at radius 2 is 1.90 bits per heavy atom. The van der Waals surface area contributed by atoms with Crippen molar-refractivity contribution >= 4 is 48.9 Å². The van der Waals surface area contributed by atoms with Gasteiger partial charge in [-0.2, -0.15) is 0 Å². The number of methoxy groups -OCH3 is 2. The SMILES string of the molecule is COc1ccc(OC)c2sc(N(Cc3cccnc3)C(=O)c3ccc([N+](=O)[O-])s3)nc12. The molecule has 31 heavy (non-hydrogen) atoms. The summed E-state index contributed by atoms with van der Waals surface area (Å²) >= 11 is 2.11. The zero-order valence-electron chi connectivity index (χ0n) is 16.5. The summed E-state index contributed by atoms with van der Waals surface area (Å²) in [5.74, 6) is 0.776. The molecule has 0 saturated heterocycles. The van der Waals surface area contributed by atoms with E-state index in [0.717, 1.165) is 21.6 Å². The number of hydrogen-bond acceptors (Lipinski definition) is 9. The molecular weight excluding hydrogens is 440 g/mol. The number of pyridine rings is 1. The van der Waals surface area contributed by atoms with E-state index in [1.807, 2.05) is 6.07 Å². The van der Waals surface area contributed by atoms with E-state index in [-0.39, 0.29) is 22.3 Å². The smallest absolute Gasteiger partial charge is 0.324 e. The number of thiophene rings is 1. The van der Waals surface area contributed by atoms with Crippen LogP contribution in [0.3, 0.4) is 0 Å². The molecule has 9 nitrogen and oxygen atoms in total. The van der Waals surface area contributed by atoms with Crippen LogP contribution in [0.4, 0.5) is 10.1 Å². The topological polar surface area (TPSA) is 108 Å². The average molecular weight is 457 g/mol. The highest BCUT2D eigenvalue weighted by molar-refractivity contribution is 7.23. The van der Waals surface area contributed by atoms with E-state index in [2.05, 4.69) is 9.97 Å². The van der Waals surface area contributed by atoms with Gasteiger partial charge in [0.25, 0.3) is 5.91 Å². The molecule has 158 valence electrons. The van der Waals surface area contributed by atoms with Crippen LogP contribution in [0.15, 0.2) is 48.8 Å². The maximum absolute atomic E-state index is 13.4. The minimum absolute atomic E-state index is 0.0997. The number of thiazole rings is 1. The third kappa shape index (κ3) is 4.05. The van der Waals surface area contributed by atoms with Crippen LogP contribution in [0.2, 0.25) is 0 Å². The fourth-order valence-electron chi connectivity index (χ4n) is 2.96. The summed E-state index contributed by atoms with van der Waals surface area (Å²) < 4.78 is 11.6. The molecule has 0 fully saturated rings. The predicted octanol–water partition coefficient (Wildman–Crippen LogP) is 4.53. The van der Waals surface area contributed by atoms with Crippen molar-refractivity contribution in [2.24, 2.45) is 0 Å². The summed E-state index contributed by atoms with van der Waals surface area (Å²) in [6.07, 6.45) is 3.30. The van der Waals surface area contributed by atoms with Crippen molar-refractivity contribution in [2.75, 3.05) is 19.1 Å². The van der Waals surface area contributed by atoms with Gasteiger partial charge in [-0.15, -0.1) is 0 Å². The first-order chi connectivity index (χ1) is 15.0. The van der Waals surface area contributed by atoms with Gasteiger partial charge < -0.3 is 9.47 Å². The number of carbonyl (C=O) groups excluding carboxylic acids is 1. The largest absolute Gasteiger partial charge is 0.495 e. The van der Waals surface area contributed by atoms with Crippen LogP contribution in [-0.2, 0) is 6.54 Å². The van der Waals surface area contributed by atoms with E-state index in [1.54, 1.807) is 44.8 Å². The number of amides is 1. The van der Waals surface area contributed by atoms with Gasteiger partial charge in [0, 0.05) is 18.5 Å². The van der Waals surface area contributed by atoms with Crippen LogP contribution in [0.25, 0.3) is 10.2 Å². The van der Waals surface area contributed by atoms with Crippen molar-refractivity contribution in [2.45, 2.75) is 6.54 Å². The molecule has 4 aromatic rings. The van der Waals surface area contributed by atoms with Crippen LogP contribution in [-0.4, -0.2) is 35.0 Å². The van der Waals surface area contributed by atoms with Gasteiger partial charge in [0.15, 0.2) is 5.13 Å². The molecule has 0 N–H and O–H groups in total. The standard InChI is InChI=1S/C20H16N4O5S2/c1-28-13-5-6-14(29-2)18-17(13)22-20(31-18)23(11-12-4-3-9-21-10-12)19(25)15-7-8-16(30-15)24(26)27/h3-10H,11H2,1-2H3. The lowest BCUT2D eigenvalue weighted by molar-refractivity contribution is -0.380. The van der Waals surface area contributed by atoms with Gasteiger partial charge in [-0.05, 0) is 29.8 Å². The van der Waals surface area contributed by atoms with E-state index in [4.69, 9.17) is 9.47 Å². The van der Waals surface area contributed by atoms with Crippen LogP contribution in [0, 0.1) is 10.1 Å². The molecule has 0 unspecified atom stereocenters. The van der Waals surface area contributed by atoms with Gasteiger partial charge in [-0.3, -0.25) is 24.8 Å². The molecule has 1 amide bonds. The van der Waals surface area contributed by atoms with Crippen molar-refractivity contribution in [3.8, 4) is 11.5 Å². The van der Waals surface area contributed by atoms with Gasteiger partial charge in [-0.25, -0.2) is 4.98 Å². The minimum atomic E-state index is -0.514. The highest BCUT2D eigenvalue weighted by atomic mass is 32.1. The fourth-order valence-corrected chi connectivity index (χ4v) is 4.81. The lowest BCUT2D eigenvalue weighted by Gasteiger charge is -2.19. The van der Waals surface area contributed by atoms with Crippen LogP contribution < -0.4 is 14.4 Å². The second-order valence-electron chi connectivity index (χ2n) is 6.29. The van der Waals surface area contributed by atoms with E-state index in [9.17, 15) is 14.9 Å². The number of benzene rings is 1. The summed E-state index contributed by atoms with van der Waals surface area (Å²) in [5, 5.41) is 11.4. The second kappa shape index (κ2) is 8.66. The molecule has 0 aliphatic carbocycles. The molecule has 3 aromatic heterocycles. The maximum atomic E-state index is 13.4. The number of nitro groups is 1. The Morgan fingerprint density at radius 3 is 2.55 bits per heavy atom.